The maximum atomic E-state index is 13.9. The number of aliphatic imine (C=N–C) groups is 1. The van der Waals surface area contributed by atoms with Crippen molar-refractivity contribution in [1.29, 1.82) is 0 Å². The summed E-state index contributed by atoms with van der Waals surface area (Å²) in [6, 6.07) is 7.99. The average Bonchev–Trinajstić information content (AvgIpc) is 3.17. The standard InChI is InChI=1S/C27H31F2N3OS/c1-3-17-11-12-18(14-17)20-9-4-5-10-22(20)30-25(21-16-32(2)31-23(21)24(28)29)34-26(33)27-13-7-6-8-19(27)15-27/h4-5,9-10,15-18,24H,3,6-8,11-14H2,1-2H3. The molecule has 5 rings (SSSR count). The number of halogens is 2. The molecule has 0 radical (unpaired) electrons. The number of alkyl halides is 2. The molecule has 34 heavy (non-hydrogen) atoms. The summed E-state index contributed by atoms with van der Waals surface area (Å²) >= 11 is 1.01. The fraction of sp³-hybridized carbons (Fsp3) is 0.519. The molecule has 3 unspecified atom stereocenters. The first-order valence-electron chi connectivity index (χ1n) is 12.4. The Labute approximate surface area is 203 Å². The van der Waals surface area contributed by atoms with E-state index >= 15 is 0 Å². The first-order chi connectivity index (χ1) is 16.4. The number of hydrogen-bond acceptors (Lipinski definition) is 4. The summed E-state index contributed by atoms with van der Waals surface area (Å²) in [5, 5.41) is 4.31. The molecule has 4 nitrogen and oxygen atoms in total. The van der Waals surface area contributed by atoms with Crippen LogP contribution in [0, 0.1) is 11.3 Å². The van der Waals surface area contributed by atoms with E-state index in [1.807, 2.05) is 18.2 Å². The van der Waals surface area contributed by atoms with Crippen LogP contribution in [0.5, 0.6) is 0 Å². The van der Waals surface area contributed by atoms with E-state index in [0.717, 1.165) is 61.5 Å². The third-order valence-corrected chi connectivity index (χ3v) is 8.80. The second-order valence-corrected chi connectivity index (χ2v) is 10.9. The third-order valence-electron chi connectivity index (χ3n) is 7.74. The van der Waals surface area contributed by atoms with Crippen LogP contribution in [0.1, 0.15) is 87.5 Å². The number of hydrogen-bond donors (Lipinski definition) is 0. The van der Waals surface area contributed by atoms with Gasteiger partial charge >= 0.3 is 0 Å². The summed E-state index contributed by atoms with van der Waals surface area (Å²) in [6.07, 6.45) is 9.38. The topological polar surface area (TPSA) is 47.2 Å². The lowest BCUT2D eigenvalue weighted by molar-refractivity contribution is -0.115. The van der Waals surface area contributed by atoms with Crippen LogP contribution in [0.15, 0.2) is 47.1 Å². The van der Waals surface area contributed by atoms with E-state index in [1.165, 1.54) is 23.1 Å². The summed E-state index contributed by atoms with van der Waals surface area (Å²) in [5.41, 5.74) is 2.55. The zero-order valence-corrected chi connectivity index (χ0v) is 20.6. The van der Waals surface area contributed by atoms with Crippen LogP contribution in [0.4, 0.5) is 14.5 Å². The maximum absolute atomic E-state index is 13.9. The molecule has 0 amide bonds. The Hall–Kier alpha value is -2.28. The van der Waals surface area contributed by atoms with E-state index < -0.39 is 11.8 Å². The molecule has 1 aromatic heterocycles. The van der Waals surface area contributed by atoms with Crippen LogP contribution < -0.4 is 0 Å². The number of rotatable bonds is 6. The summed E-state index contributed by atoms with van der Waals surface area (Å²) in [5.74, 6) is 1.12. The Morgan fingerprint density at radius 1 is 1.29 bits per heavy atom. The maximum Gasteiger partial charge on any atom is 0.282 e. The van der Waals surface area contributed by atoms with Gasteiger partial charge in [0.05, 0.1) is 16.7 Å². The van der Waals surface area contributed by atoms with E-state index in [2.05, 4.69) is 24.2 Å². The van der Waals surface area contributed by atoms with E-state index in [9.17, 15) is 13.6 Å². The Kier molecular flexibility index (Phi) is 6.49. The van der Waals surface area contributed by atoms with Crippen molar-refractivity contribution >= 4 is 27.6 Å². The lowest BCUT2D eigenvalue weighted by Crippen LogP contribution is -2.21. The van der Waals surface area contributed by atoms with Crippen molar-refractivity contribution in [1.82, 2.24) is 9.78 Å². The van der Waals surface area contributed by atoms with Gasteiger partial charge in [0.2, 0.25) is 5.12 Å². The molecule has 0 saturated heterocycles. The minimum atomic E-state index is -2.74. The van der Waals surface area contributed by atoms with Gasteiger partial charge in [0.25, 0.3) is 6.43 Å². The number of thioether (sulfide) groups is 1. The SMILES string of the molecule is CCC1CCC(c2ccccc2N=C(SC(=O)C23C=C2CCCC3)c2cn(C)nc2C(F)F)C1. The van der Waals surface area contributed by atoms with Crippen LogP contribution in [-0.4, -0.2) is 19.9 Å². The molecule has 2 saturated carbocycles. The highest BCUT2D eigenvalue weighted by Crippen LogP contribution is 2.57. The quantitative estimate of drug-likeness (QED) is 0.243. The number of carbonyl (C=O) groups excluding carboxylic acids is 1. The van der Waals surface area contributed by atoms with E-state index in [0.29, 0.717) is 16.9 Å². The normalized spacial score (nSPS) is 26.5. The van der Waals surface area contributed by atoms with Crippen molar-refractivity contribution in [2.24, 2.45) is 23.4 Å². The van der Waals surface area contributed by atoms with Crippen LogP contribution in [0.25, 0.3) is 0 Å². The Morgan fingerprint density at radius 2 is 2.12 bits per heavy atom. The van der Waals surface area contributed by atoms with Gasteiger partial charge in [0, 0.05) is 13.2 Å². The van der Waals surface area contributed by atoms with Crippen LogP contribution in [0.2, 0.25) is 0 Å². The third kappa shape index (κ3) is 4.39. The van der Waals surface area contributed by atoms with E-state index in [-0.39, 0.29) is 16.4 Å². The monoisotopic (exact) mass is 483 g/mol. The van der Waals surface area contributed by atoms with Gasteiger partial charge in [-0.3, -0.25) is 9.48 Å². The molecule has 7 heteroatoms. The number of fused-ring (bicyclic) bond motifs is 1. The highest BCUT2D eigenvalue weighted by Gasteiger charge is 2.51. The van der Waals surface area contributed by atoms with Crippen LogP contribution in [0.3, 0.4) is 0 Å². The van der Waals surface area contributed by atoms with Gasteiger partial charge in [-0.15, -0.1) is 0 Å². The Bertz CT molecular complexity index is 1150. The number of allylic oxidation sites excluding steroid dienone is 2. The highest BCUT2D eigenvalue weighted by molar-refractivity contribution is 8.26. The predicted octanol–water partition coefficient (Wildman–Crippen LogP) is 7.49. The zero-order chi connectivity index (χ0) is 23.9. The molecular weight excluding hydrogens is 452 g/mol. The molecular formula is C27H31F2N3OS. The molecule has 0 aliphatic heterocycles. The van der Waals surface area contributed by atoms with E-state index in [1.54, 1.807) is 13.2 Å². The van der Waals surface area contributed by atoms with Gasteiger partial charge in [-0.25, -0.2) is 13.8 Å². The molecule has 2 aromatic rings. The summed E-state index contributed by atoms with van der Waals surface area (Å²) in [7, 11) is 1.62. The summed E-state index contributed by atoms with van der Waals surface area (Å²) in [6.45, 7) is 2.23. The molecule has 1 heterocycles. The Morgan fingerprint density at radius 3 is 2.85 bits per heavy atom. The van der Waals surface area contributed by atoms with Crippen molar-refractivity contribution < 1.29 is 13.6 Å². The van der Waals surface area contributed by atoms with Gasteiger partial charge in [0.15, 0.2) is 0 Å². The lowest BCUT2D eigenvalue weighted by atomic mass is 9.87. The number of benzene rings is 1. The zero-order valence-electron chi connectivity index (χ0n) is 19.8. The average molecular weight is 484 g/mol. The largest absolute Gasteiger partial charge is 0.285 e. The molecule has 3 atom stereocenters. The van der Waals surface area contributed by atoms with Crippen molar-refractivity contribution in [3.05, 3.63) is 58.9 Å². The van der Waals surface area contributed by atoms with Crippen LogP contribution >= 0.6 is 11.8 Å². The first kappa shape index (κ1) is 23.5. The van der Waals surface area contributed by atoms with Crippen molar-refractivity contribution in [3.8, 4) is 0 Å². The molecule has 180 valence electrons. The van der Waals surface area contributed by atoms with Crippen molar-refractivity contribution in [2.45, 2.75) is 70.6 Å². The smallest absolute Gasteiger partial charge is 0.282 e. The van der Waals surface area contributed by atoms with Gasteiger partial charge < -0.3 is 0 Å². The minimum Gasteiger partial charge on any atom is -0.285 e. The number of para-hydroxylation sites is 1. The van der Waals surface area contributed by atoms with Crippen LogP contribution in [-0.2, 0) is 11.8 Å². The molecule has 2 fully saturated rings. The highest BCUT2D eigenvalue weighted by atomic mass is 32.2. The fourth-order valence-corrected chi connectivity index (χ4v) is 6.78. The summed E-state index contributed by atoms with van der Waals surface area (Å²) < 4.78 is 29.2. The molecule has 0 bridgehead atoms. The van der Waals surface area contributed by atoms with Gasteiger partial charge in [-0.1, -0.05) is 49.6 Å². The molecule has 3 aliphatic carbocycles. The number of nitrogens with zero attached hydrogens (tertiary/aromatic N) is 3. The first-order valence-corrected chi connectivity index (χ1v) is 13.2. The summed E-state index contributed by atoms with van der Waals surface area (Å²) in [4.78, 5) is 18.4. The number of aromatic nitrogens is 2. The molecule has 1 aromatic carbocycles. The van der Waals surface area contributed by atoms with Crippen molar-refractivity contribution in [2.75, 3.05) is 0 Å². The Balaban J connectivity index is 1.53. The number of carbonyl (C=O) groups is 1. The van der Waals surface area contributed by atoms with Crippen molar-refractivity contribution in [3.63, 3.8) is 0 Å². The van der Waals surface area contributed by atoms with Gasteiger partial charge in [-0.05, 0) is 73.8 Å². The lowest BCUT2D eigenvalue weighted by Gasteiger charge is -2.21. The predicted molar refractivity (Wildman–Crippen MR) is 133 cm³/mol. The van der Waals surface area contributed by atoms with E-state index in [4.69, 9.17) is 4.99 Å². The molecule has 0 spiro atoms. The second-order valence-electron chi connectivity index (χ2n) is 9.90. The molecule has 3 aliphatic rings. The van der Waals surface area contributed by atoms with Gasteiger partial charge in [0.1, 0.15) is 10.7 Å². The van der Waals surface area contributed by atoms with Gasteiger partial charge in [-0.2, -0.15) is 5.10 Å². The second kappa shape index (κ2) is 9.40. The minimum absolute atomic E-state index is 0.00517. The fourth-order valence-electron chi connectivity index (χ4n) is 5.72. The number of aryl methyl sites for hydroxylation is 1. The molecule has 0 N–H and O–H groups in total.